The highest BCUT2D eigenvalue weighted by molar-refractivity contribution is 5.94. The van der Waals surface area contributed by atoms with Crippen LogP contribution in [0.5, 0.6) is 5.75 Å². The second kappa shape index (κ2) is 11.4. The molecule has 0 saturated heterocycles. The molecule has 0 aliphatic rings. The first-order valence-corrected chi connectivity index (χ1v) is 9.45. The molecule has 7 N–H and O–H groups in total. The number of amides is 2. The number of nitrogens with one attached hydrogen (secondary N) is 1. The normalized spacial score (nSPS) is 12.3. The van der Waals surface area contributed by atoms with Crippen molar-refractivity contribution in [2.75, 3.05) is 5.32 Å². The highest BCUT2D eigenvalue weighted by Crippen LogP contribution is 2.18. The molecule has 0 fully saturated rings. The minimum absolute atomic E-state index is 0.0927. The minimum atomic E-state index is -0.976. The third-order valence-electron chi connectivity index (χ3n) is 4.32. The largest absolute Gasteiger partial charge is 0.514 e. The maximum atomic E-state index is 12.1. The Morgan fingerprint density at radius 3 is 2.12 bits per heavy atom. The van der Waals surface area contributed by atoms with Crippen LogP contribution in [-0.4, -0.2) is 35.0 Å². The third kappa shape index (κ3) is 7.66. The Balaban J connectivity index is 1.78. The van der Waals surface area contributed by atoms with Crippen LogP contribution in [0.15, 0.2) is 48.5 Å². The van der Waals surface area contributed by atoms with Crippen molar-refractivity contribution in [3.05, 3.63) is 64.2 Å². The standard InChI is InChI=1S/C20H23N5O7/c21-16(18(23)26)9-10-17(22)19(27)24-13-3-1-12(2-4-13)11-31-20(28)32-15-7-5-14(6-8-15)25(29)30/h1-8,16-17H,9-11,21-22H2,(H2,23,26)(H,24,27)/t16?,17-/m0/s1. The number of carbonyl (C=O) groups excluding carboxylic acids is 3. The number of rotatable bonds is 10. The molecular weight excluding hydrogens is 422 g/mol. The monoisotopic (exact) mass is 445 g/mol. The van der Waals surface area contributed by atoms with E-state index in [2.05, 4.69) is 5.32 Å². The van der Waals surface area contributed by atoms with Gasteiger partial charge < -0.3 is 32.0 Å². The molecule has 2 amide bonds. The Kier molecular flexibility index (Phi) is 8.63. The SMILES string of the molecule is NC(=O)C(N)CC[C@H](N)C(=O)Nc1ccc(COC(=O)Oc2ccc([N+](=O)[O-])cc2)cc1. The lowest BCUT2D eigenvalue weighted by atomic mass is 10.1. The number of ether oxygens (including phenoxy) is 2. The van der Waals surface area contributed by atoms with Gasteiger partial charge in [-0.1, -0.05) is 12.1 Å². The molecule has 12 nitrogen and oxygen atoms in total. The van der Waals surface area contributed by atoms with Crippen molar-refractivity contribution in [3.63, 3.8) is 0 Å². The van der Waals surface area contributed by atoms with E-state index in [4.69, 9.17) is 26.7 Å². The van der Waals surface area contributed by atoms with Crippen LogP contribution in [0.25, 0.3) is 0 Å². The van der Waals surface area contributed by atoms with Crippen LogP contribution in [0.1, 0.15) is 18.4 Å². The number of hydrogen-bond donors (Lipinski definition) is 4. The molecule has 0 radical (unpaired) electrons. The molecule has 0 bridgehead atoms. The van der Waals surface area contributed by atoms with E-state index in [-0.39, 0.29) is 30.9 Å². The molecule has 0 saturated carbocycles. The average Bonchev–Trinajstić information content (AvgIpc) is 2.76. The summed E-state index contributed by atoms with van der Waals surface area (Å²) >= 11 is 0. The van der Waals surface area contributed by atoms with Gasteiger partial charge in [0, 0.05) is 17.8 Å². The molecule has 0 aromatic heterocycles. The zero-order valence-electron chi connectivity index (χ0n) is 16.9. The van der Waals surface area contributed by atoms with Crippen molar-refractivity contribution in [1.29, 1.82) is 0 Å². The van der Waals surface area contributed by atoms with E-state index >= 15 is 0 Å². The minimum Gasteiger partial charge on any atom is -0.429 e. The molecule has 2 rings (SSSR count). The summed E-state index contributed by atoms with van der Waals surface area (Å²) in [6, 6.07) is 9.69. The predicted octanol–water partition coefficient (Wildman–Crippen LogP) is 1.17. The fraction of sp³-hybridized carbons (Fsp3) is 0.250. The molecule has 12 heteroatoms. The molecule has 2 atom stereocenters. The summed E-state index contributed by atoms with van der Waals surface area (Å²) in [5.74, 6) is -1.00. The zero-order valence-corrected chi connectivity index (χ0v) is 16.9. The van der Waals surface area contributed by atoms with Crippen molar-refractivity contribution >= 4 is 29.3 Å². The number of nitrogens with zero attached hydrogens (tertiary/aromatic N) is 1. The number of nitro groups is 1. The van der Waals surface area contributed by atoms with Gasteiger partial charge in [-0.15, -0.1) is 0 Å². The highest BCUT2D eigenvalue weighted by Gasteiger charge is 2.17. The first kappa shape index (κ1) is 24.2. The first-order chi connectivity index (χ1) is 15.2. The van der Waals surface area contributed by atoms with Crippen molar-refractivity contribution < 1.29 is 28.8 Å². The highest BCUT2D eigenvalue weighted by atomic mass is 16.7. The molecular formula is C20H23N5O7. The summed E-state index contributed by atoms with van der Waals surface area (Å²) in [6.45, 7) is -0.0927. The topological polar surface area (TPSA) is 203 Å². The van der Waals surface area contributed by atoms with Crippen LogP contribution in [0.2, 0.25) is 0 Å². The second-order valence-electron chi connectivity index (χ2n) is 6.77. The van der Waals surface area contributed by atoms with Crippen molar-refractivity contribution in [1.82, 2.24) is 0 Å². The van der Waals surface area contributed by atoms with Crippen LogP contribution in [0.3, 0.4) is 0 Å². The quantitative estimate of drug-likeness (QED) is 0.179. The summed E-state index contributed by atoms with van der Waals surface area (Å²) in [7, 11) is 0. The van der Waals surface area contributed by atoms with Crippen LogP contribution >= 0.6 is 0 Å². The molecule has 32 heavy (non-hydrogen) atoms. The third-order valence-corrected chi connectivity index (χ3v) is 4.32. The fourth-order valence-corrected chi connectivity index (χ4v) is 2.46. The molecule has 0 spiro atoms. The lowest BCUT2D eigenvalue weighted by molar-refractivity contribution is -0.384. The average molecular weight is 445 g/mol. The predicted molar refractivity (Wildman–Crippen MR) is 113 cm³/mol. The summed E-state index contributed by atoms with van der Waals surface area (Å²) in [5.41, 5.74) is 17.3. The Labute approximate surface area is 182 Å². The Bertz CT molecular complexity index is 963. The van der Waals surface area contributed by atoms with Gasteiger partial charge in [-0.05, 0) is 42.7 Å². The van der Waals surface area contributed by atoms with Gasteiger partial charge in [0.2, 0.25) is 11.8 Å². The summed E-state index contributed by atoms with van der Waals surface area (Å²) < 4.78 is 9.93. The van der Waals surface area contributed by atoms with E-state index in [0.29, 0.717) is 11.3 Å². The number of non-ortho nitro benzene ring substituents is 1. The lowest BCUT2D eigenvalue weighted by Gasteiger charge is -2.14. The molecule has 0 aliphatic heterocycles. The summed E-state index contributed by atoms with van der Waals surface area (Å²) in [4.78, 5) is 44.8. The number of benzene rings is 2. The van der Waals surface area contributed by atoms with E-state index in [0.717, 1.165) is 0 Å². The van der Waals surface area contributed by atoms with Crippen molar-refractivity contribution in [3.8, 4) is 5.75 Å². The molecule has 0 heterocycles. The second-order valence-corrected chi connectivity index (χ2v) is 6.77. The summed E-state index contributed by atoms with van der Waals surface area (Å²) in [5, 5.41) is 13.2. The number of primary amides is 1. The van der Waals surface area contributed by atoms with Gasteiger partial charge >= 0.3 is 6.16 Å². The van der Waals surface area contributed by atoms with E-state index < -0.39 is 35.0 Å². The van der Waals surface area contributed by atoms with Crippen LogP contribution in [-0.2, 0) is 20.9 Å². The number of carbonyl (C=O) groups is 3. The van der Waals surface area contributed by atoms with E-state index in [1.165, 1.54) is 24.3 Å². The Hall–Kier alpha value is -4.03. The van der Waals surface area contributed by atoms with Gasteiger partial charge in [0.15, 0.2) is 0 Å². The van der Waals surface area contributed by atoms with Crippen LogP contribution in [0.4, 0.5) is 16.2 Å². The molecule has 1 unspecified atom stereocenters. The maximum Gasteiger partial charge on any atom is 0.514 e. The van der Waals surface area contributed by atoms with Gasteiger partial charge in [-0.25, -0.2) is 4.79 Å². The fourth-order valence-electron chi connectivity index (χ4n) is 2.46. The van der Waals surface area contributed by atoms with Gasteiger partial charge in [0.1, 0.15) is 12.4 Å². The molecule has 2 aromatic rings. The molecule has 170 valence electrons. The molecule has 0 aliphatic carbocycles. The maximum absolute atomic E-state index is 12.1. The van der Waals surface area contributed by atoms with Crippen LogP contribution < -0.4 is 27.3 Å². The smallest absolute Gasteiger partial charge is 0.429 e. The van der Waals surface area contributed by atoms with E-state index in [1.54, 1.807) is 24.3 Å². The number of anilines is 1. The van der Waals surface area contributed by atoms with Gasteiger partial charge in [0.05, 0.1) is 17.0 Å². The van der Waals surface area contributed by atoms with Gasteiger partial charge in [-0.3, -0.25) is 19.7 Å². The zero-order chi connectivity index (χ0) is 23.7. The number of nitrogens with two attached hydrogens (primary N) is 3. The first-order valence-electron chi connectivity index (χ1n) is 9.45. The van der Waals surface area contributed by atoms with E-state index in [9.17, 15) is 24.5 Å². The van der Waals surface area contributed by atoms with Crippen LogP contribution in [0, 0.1) is 10.1 Å². The molecule has 2 aromatic carbocycles. The Morgan fingerprint density at radius 1 is 0.969 bits per heavy atom. The number of nitro benzene ring substituents is 1. The van der Waals surface area contributed by atoms with Gasteiger partial charge in [0.25, 0.3) is 5.69 Å². The Morgan fingerprint density at radius 2 is 1.56 bits per heavy atom. The lowest BCUT2D eigenvalue weighted by Crippen LogP contribution is -2.40. The van der Waals surface area contributed by atoms with Gasteiger partial charge in [-0.2, -0.15) is 0 Å². The number of hydrogen-bond acceptors (Lipinski definition) is 9. The summed E-state index contributed by atoms with van der Waals surface area (Å²) in [6.07, 6.45) is -0.592. The van der Waals surface area contributed by atoms with E-state index in [1.807, 2.05) is 0 Å². The van der Waals surface area contributed by atoms with Crippen molar-refractivity contribution in [2.24, 2.45) is 17.2 Å². The van der Waals surface area contributed by atoms with Crippen molar-refractivity contribution in [2.45, 2.75) is 31.5 Å².